The molecule has 0 spiro atoms. The summed E-state index contributed by atoms with van der Waals surface area (Å²) in [6.45, 7) is -0.372. The van der Waals surface area contributed by atoms with Crippen molar-refractivity contribution in [1.29, 1.82) is 0 Å². The van der Waals surface area contributed by atoms with Gasteiger partial charge in [0.15, 0.2) is 5.82 Å². The predicted molar refractivity (Wildman–Crippen MR) is 138 cm³/mol. The molecule has 14 heteroatoms. The Morgan fingerprint density at radius 3 is 2.51 bits per heavy atom. The Bertz CT molecular complexity index is 1810. The molecule has 2 aliphatic rings. The largest absolute Gasteiger partial charge is 0.416 e. The highest BCUT2D eigenvalue weighted by atomic mass is 32.2. The zero-order valence-electron chi connectivity index (χ0n) is 21.5. The first-order valence-electron chi connectivity index (χ1n) is 12.5. The SMILES string of the molecule is Cn1ncnc1C(=O)[C@]12Cc3cnn(-c4ccc(F)cc4)c3C=C1CCN(S(=O)(=O)c1cccc(C(F)(F)F)c1)C2. The van der Waals surface area contributed by atoms with E-state index in [1.807, 2.05) is 0 Å². The molecule has 0 amide bonds. The van der Waals surface area contributed by atoms with Crippen LogP contribution in [0.25, 0.3) is 11.8 Å². The van der Waals surface area contributed by atoms with Gasteiger partial charge in [-0.05, 0) is 66.9 Å². The van der Waals surface area contributed by atoms with Crippen molar-refractivity contribution in [1.82, 2.24) is 28.9 Å². The number of sulfonamides is 1. The van der Waals surface area contributed by atoms with Gasteiger partial charge in [-0.15, -0.1) is 0 Å². The molecule has 4 aromatic rings. The van der Waals surface area contributed by atoms with Gasteiger partial charge < -0.3 is 0 Å². The molecular weight excluding hydrogens is 564 g/mol. The zero-order chi connectivity index (χ0) is 29.2. The van der Waals surface area contributed by atoms with Gasteiger partial charge in [-0.2, -0.15) is 27.7 Å². The Kier molecular flexibility index (Phi) is 6.23. The molecule has 1 saturated heterocycles. The molecule has 1 aliphatic carbocycles. The molecule has 6 rings (SSSR count). The lowest BCUT2D eigenvalue weighted by Gasteiger charge is -2.44. The molecule has 0 unspecified atom stereocenters. The van der Waals surface area contributed by atoms with Crippen molar-refractivity contribution in [2.45, 2.75) is 23.9 Å². The normalized spacial score (nSPS) is 19.4. The molecule has 0 saturated carbocycles. The van der Waals surface area contributed by atoms with Crippen LogP contribution in [0.1, 0.15) is 33.9 Å². The minimum atomic E-state index is -4.73. The summed E-state index contributed by atoms with van der Waals surface area (Å²) in [5.41, 5.74) is 0.0569. The predicted octanol–water partition coefficient (Wildman–Crippen LogP) is 4.06. The standard InChI is InChI=1S/C27H22F4N6O3S/c1-35-25(32-16-34-35)24(38)26-13-17-14-33-37(21-7-5-20(28)6-8-21)23(17)12-18(26)9-10-36(15-26)41(39,40)22-4-2-3-19(11-22)27(29,30)31/h2-8,11-12,14,16H,9-10,13,15H2,1H3/t26-/m0/s1. The van der Waals surface area contributed by atoms with E-state index in [0.29, 0.717) is 28.6 Å². The van der Waals surface area contributed by atoms with E-state index in [9.17, 15) is 30.8 Å². The Morgan fingerprint density at radius 2 is 1.83 bits per heavy atom. The second-order valence-corrected chi connectivity index (χ2v) is 12.0. The van der Waals surface area contributed by atoms with Crippen LogP contribution >= 0.6 is 0 Å². The number of ketones is 1. The van der Waals surface area contributed by atoms with Crippen molar-refractivity contribution in [2.75, 3.05) is 13.1 Å². The summed E-state index contributed by atoms with van der Waals surface area (Å²) in [4.78, 5) is 17.7. The van der Waals surface area contributed by atoms with Crippen LogP contribution in [0.3, 0.4) is 0 Å². The van der Waals surface area contributed by atoms with Gasteiger partial charge >= 0.3 is 6.18 Å². The van der Waals surface area contributed by atoms with E-state index in [-0.39, 0.29) is 31.8 Å². The summed E-state index contributed by atoms with van der Waals surface area (Å²) in [7, 11) is -2.87. The van der Waals surface area contributed by atoms with Crippen LogP contribution in [-0.4, -0.2) is 56.1 Å². The molecule has 3 heterocycles. The molecule has 0 N–H and O–H groups in total. The summed E-state index contributed by atoms with van der Waals surface area (Å²) in [5, 5.41) is 8.43. The molecule has 1 fully saturated rings. The lowest BCUT2D eigenvalue weighted by atomic mass is 9.66. The lowest BCUT2D eigenvalue weighted by molar-refractivity contribution is -0.137. The Hall–Kier alpha value is -4.17. The third-order valence-electron chi connectivity index (χ3n) is 7.60. The maximum Gasteiger partial charge on any atom is 0.416 e. The zero-order valence-corrected chi connectivity index (χ0v) is 22.3. The van der Waals surface area contributed by atoms with Crippen LogP contribution in [0.5, 0.6) is 0 Å². The molecule has 0 bridgehead atoms. The molecule has 0 radical (unpaired) electrons. The molecular formula is C27H22F4N6O3S. The fourth-order valence-electron chi connectivity index (χ4n) is 5.51. The monoisotopic (exact) mass is 586 g/mol. The molecule has 1 aliphatic heterocycles. The number of nitrogens with zero attached hydrogens (tertiary/aromatic N) is 6. The highest BCUT2D eigenvalue weighted by Crippen LogP contribution is 2.47. The van der Waals surface area contributed by atoms with E-state index in [4.69, 9.17) is 0 Å². The Morgan fingerprint density at radius 1 is 1.07 bits per heavy atom. The van der Waals surface area contributed by atoms with Crippen molar-refractivity contribution in [3.05, 3.63) is 95.1 Å². The van der Waals surface area contributed by atoms with Crippen molar-refractivity contribution < 1.29 is 30.8 Å². The molecule has 2 aromatic carbocycles. The Labute approximate surface area is 231 Å². The van der Waals surface area contributed by atoms with Gasteiger partial charge in [0.1, 0.15) is 12.1 Å². The number of rotatable bonds is 5. The third-order valence-corrected chi connectivity index (χ3v) is 9.44. The second kappa shape index (κ2) is 9.45. The highest BCUT2D eigenvalue weighted by Gasteiger charge is 2.52. The fourth-order valence-corrected chi connectivity index (χ4v) is 7.05. The first-order valence-corrected chi connectivity index (χ1v) is 13.9. The minimum Gasteiger partial charge on any atom is -0.290 e. The van der Waals surface area contributed by atoms with E-state index in [1.165, 1.54) is 23.1 Å². The number of Topliss-reactive ketones (excluding diaryl/α,β-unsaturated/α-hetero) is 1. The molecule has 9 nitrogen and oxygen atoms in total. The first kappa shape index (κ1) is 27.0. The second-order valence-electron chi connectivity index (χ2n) is 10.0. The number of hydrogen-bond acceptors (Lipinski definition) is 6. The first-order chi connectivity index (χ1) is 19.4. The number of benzene rings is 2. The van der Waals surface area contributed by atoms with E-state index in [2.05, 4.69) is 15.2 Å². The van der Waals surface area contributed by atoms with Gasteiger partial charge in [0, 0.05) is 20.1 Å². The number of hydrogen-bond donors (Lipinski definition) is 0. The van der Waals surface area contributed by atoms with E-state index >= 15 is 0 Å². The highest BCUT2D eigenvalue weighted by molar-refractivity contribution is 7.89. The van der Waals surface area contributed by atoms with E-state index in [1.54, 1.807) is 36.1 Å². The van der Waals surface area contributed by atoms with Gasteiger partial charge in [0.05, 0.1) is 33.5 Å². The van der Waals surface area contributed by atoms with E-state index < -0.39 is 43.7 Å². The average molecular weight is 587 g/mol. The van der Waals surface area contributed by atoms with E-state index in [0.717, 1.165) is 22.5 Å². The van der Waals surface area contributed by atoms with Crippen LogP contribution in [0.4, 0.5) is 17.6 Å². The smallest absolute Gasteiger partial charge is 0.290 e. The van der Waals surface area contributed by atoms with Gasteiger partial charge in [0.2, 0.25) is 15.8 Å². The summed E-state index contributed by atoms with van der Waals surface area (Å²) in [5.74, 6) is -0.854. The van der Waals surface area contributed by atoms with Crippen molar-refractivity contribution in [3.8, 4) is 5.69 Å². The molecule has 212 valence electrons. The fraction of sp³-hybridized carbons (Fsp3) is 0.259. The number of carbonyl (C=O) groups excluding carboxylic acids is 1. The van der Waals surface area contributed by atoms with Crippen LogP contribution in [-0.2, 0) is 29.7 Å². The third kappa shape index (κ3) is 4.47. The topological polar surface area (TPSA) is 103 Å². The number of alkyl halides is 3. The van der Waals surface area contributed by atoms with Crippen LogP contribution < -0.4 is 0 Å². The maximum atomic E-state index is 14.2. The number of aryl methyl sites for hydroxylation is 1. The Balaban J connectivity index is 1.44. The van der Waals surface area contributed by atoms with Crippen molar-refractivity contribution in [2.24, 2.45) is 12.5 Å². The molecule has 41 heavy (non-hydrogen) atoms. The number of piperidine rings is 1. The number of aromatic nitrogens is 5. The van der Waals surface area contributed by atoms with Gasteiger partial charge in [-0.25, -0.2) is 27.2 Å². The maximum absolute atomic E-state index is 14.2. The summed E-state index contributed by atoms with van der Waals surface area (Å²) in [6, 6.07) is 9.30. The van der Waals surface area contributed by atoms with Crippen LogP contribution in [0, 0.1) is 11.2 Å². The van der Waals surface area contributed by atoms with Crippen LogP contribution in [0.2, 0.25) is 0 Å². The van der Waals surface area contributed by atoms with Crippen molar-refractivity contribution in [3.63, 3.8) is 0 Å². The van der Waals surface area contributed by atoms with Crippen molar-refractivity contribution >= 4 is 21.9 Å². The minimum absolute atomic E-state index is 0.0172. The van der Waals surface area contributed by atoms with Gasteiger partial charge in [-0.1, -0.05) is 11.6 Å². The number of fused-ring (bicyclic) bond motifs is 2. The average Bonchev–Trinajstić information content (AvgIpc) is 3.56. The number of halogens is 4. The number of carbonyl (C=O) groups is 1. The summed E-state index contributed by atoms with van der Waals surface area (Å²) < 4.78 is 84.9. The van der Waals surface area contributed by atoms with Gasteiger partial charge in [0.25, 0.3) is 0 Å². The summed E-state index contributed by atoms with van der Waals surface area (Å²) >= 11 is 0. The molecule has 2 aromatic heterocycles. The van der Waals surface area contributed by atoms with Gasteiger partial charge in [-0.3, -0.25) is 4.79 Å². The quantitative estimate of drug-likeness (QED) is 0.258. The summed E-state index contributed by atoms with van der Waals surface area (Å²) in [6.07, 6.45) is 0.0470. The lowest BCUT2D eigenvalue weighted by Crippen LogP contribution is -2.53. The molecule has 1 atom stereocenters. The van der Waals surface area contributed by atoms with Crippen LogP contribution in [0.15, 0.2) is 71.5 Å².